The minimum Gasteiger partial charge on any atom is -0.373 e. The van der Waals surface area contributed by atoms with E-state index >= 15 is 0 Å². The lowest BCUT2D eigenvalue weighted by molar-refractivity contribution is 0.0854. The highest BCUT2D eigenvalue weighted by atomic mass is 16.5. The zero-order valence-corrected chi connectivity index (χ0v) is 11.2. The second-order valence-electron chi connectivity index (χ2n) is 4.26. The van der Waals surface area contributed by atoms with Crippen LogP contribution in [0.3, 0.4) is 0 Å². The molecular weight excluding hydrogens is 246 g/mol. The van der Waals surface area contributed by atoms with Gasteiger partial charge in [0.2, 0.25) is 5.82 Å². The molecule has 0 amide bonds. The highest BCUT2D eigenvalue weighted by molar-refractivity contribution is 5.44. The van der Waals surface area contributed by atoms with Crippen LogP contribution in [0.4, 0.5) is 0 Å². The monoisotopic (exact) mass is 265 g/mol. The van der Waals surface area contributed by atoms with Gasteiger partial charge in [-0.25, -0.2) is 4.98 Å². The van der Waals surface area contributed by atoms with Crippen molar-refractivity contribution < 1.29 is 9.26 Å². The number of hydrogen-bond acceptors (Lipinski definition) is 6. The molecule has 1 unspecified atom stereocenters. The highest BCUT2D eigenvalue weighted by Gasteiger charge is 2.18. The smallest absolute Gasteiger partial charge is 0.278 e. The molecule has 0 saturated heterocycles. The van der Waals surface area contributed by atoms with Crippen molar-refractivity contribution in [1.29, 1.82) is 0 Å². The van der Waals surface area contributed by atoms with Crippen molar-refractivity contribution in [1.82, 2.24) is 19.7 Å². The lowest BCUT2D eigenvalue weighted by atomic mass is 10.2. The summed E-state index contributed by atoms with van der Waals surface area (Å²) < 4.78 is 12.5. The molecule has 0 aromatic carbocycles. The Morgan fingerprint density at radius 2 is 2.37 bits per heavy atom. The summed E-state index contributed by atoms with van der Waals surface area (Å²) in [6.07, 6.45) is 5.26. The first-order valence-electron chi connectivity index (χ1n) is 6.37. The largest absolute Gasteiger partial charge is 0.373 e. The summed E-state index contributed by atoms with van der Waals surface area (Å²) in [5.41, 5.74) is 6.14. The summed E-state index contributed by atoms with van der Waals surface area (Å²) in [5, 5.41) is 3.95. The van der Waals surface area contributed by atoms with E-state index in [1.54, 1.807) is 13.4 Å². The number of ether oxygens (including phenoxy) is 1. The number of imidazole rings is 1. The fraction of sp³-hybridized carbons (Fsp3) is 0.583. The summed E-state index contributed by atoms with van der Waals surface area (Å²) in [5.74, 6) is 0.969. The Bertz CT molecular complexity index is 508. The second kappa shape index (κ2) is 6.44. The molecule has 7 heteroatoms. The Morgan fingerprint density at radius 3 is 3.05 bits per heavy atom. The van der Waals surface area contributed by atoms with Crippen LogP contribution >= 0.6 is 0 Å². The second-order valence-corrected chi connectivity index (χ2v) is 4.26. The van der Waals surface area contributed by atoms with E-state index in [4.69, 9.17) is 15.0 Å². The molecule has 7 nitrogen and oxygen atoms in total. The van der Waals surface area contributed by atoms with Crippen LogP contribution in [-0.2, 0) is 11.3 Å². The molecule has 1 atom stereocenters. The maximum absolute atomic E-state index is 5.49. The van der Waals surface area contributed by atoms with Gasteiger partial charge >= 0.3 is 0 Å². The molecular formula is C12H19N5O2. The topological polar surface area (TPSA) is 92.0 Å². The molecule has 0 bridgehead atoms. The first-order valence-corrected chi connectivity index (χ1v) is 6.37. The van der Waals surface area contributed by atoms with Crippen LogP contribution in [0.15, 0.2) is 17.0 Å². The number of rotatable bonds is 7. The average molecular weight is 265 g/mol. The summed E-state index contributed by atoms with van der Waals surface area (Å²) >= 11 is 0. The Labute approximate surface area is 111 Å². The summed E-state index contributed by atoms with van der Waals surface area (Å²) in [7, 11) is 1.65. The van der Waals surface area contributed by atoms with E-state index < -0.39 is 0 Å². The number of nitrogens with zero attached hydrogens (tertiary/aromatic N) is 4. The third kappa shape index (κ3) is 3.18. The van der Waals surface area contributed by atoms with Crippen LogP contribution in [0, 0.1) is 0 Å². The van der Waals surface area contributed by atoms with Crippen molar-refractivity contribution in [2.45, 2.75) is 32.4 Å². The quantitative estimate of drug-likeness (QED) is 0.813. The molecule has 2 aromatic rings. The van der Waals surface area contributed by atoms with Gasteiger partial charge in [0.05, 0.1) is 6.33 Å². The lowest BCUT2D eigenvalue weighted by Gasteiger charge is -2.08. The minimum absolute atomic E-state index is 0.131. The predicted molar refractivity (Wildman–Crippen MR) is 69.2 cm³/mol. The number of nitrogens with two attached hydrogens (primary N) is 1. The van der Waals surface area contributed by atoms with Gasteiger partial charge in [-0.3, -0.25) is 0 Å². The maximum atomic E-state index is 5.49. The minimum atomic E-state index is -0.131. The van der Waals surface area contributed by atoms with E-state index in [2.05, 4.69) is 22.0 Å². The van der Waals surface area contributed by atoms with Crippen molar-refractivity contribution in [3.63, 3.8) is 0 Å². The molecule has 0 saturated carbocycles. The van der Waals surface area contributed by atoms with Gasteiger partial charge in [0.1, 0.15) is 11.8 Å². The van der Waals surface area contributed by atoms with E-state index in [9.17, 15) is 0 Å². The van der Waals surface area contributed by atoms with Crippen molar-refractivity contribution >= 4 is 0 Å². The van der Waals surface area contributed by atoms with Gasteiger partial charge in [-0.2, -0.15) is 4.98 Å². The van der Waals surface area contributed by atoms with E-state index in [0.29, 0.717) is 30.5 Å². The van der Waals surface area contributed by atoms with E-state index in [1.807, 2.05) is 10.8 Å². The van der Waals surface area contributed by atoms with Gasteiger partial charge < -0.3 is 19.6 Å². The highest BCUT2D eigenvalue weighted by Crippen LogP contribution is 2.22. The molecule has 2 N–H and O–H groups in total. The third-order valence-electron chi connectivity index (χ3n) is 2.80. The van der Waals surface area contributed by atoms with Crippen LogP contribution < -0.4 is 5.73 Å². The number of hydrogen-bond donors (Lipinski definition) is 1. The standard InChI is InChI=1S/C12H19N5O2/c1-3-4-10(18-2)11-15-12(19-16-11)9-7-17(6-5-13)8-14-9/h7-8,10H,3-6,13H2,1-2H3. The Morgan fingerprint density at radius 1 is 1.53 bits per heavy atom. The van der Waals surface area contributed by atoms with E-state index in [-0.39, 0.29) is 6.10 Å². The molecule has 0 spiro atoms. The fourth-order valence-electron chi connectivity index (χ4n) is 1.83. The Kier molecular flexibility index (Phi) is 4.64. The zero-order chi connectivity index (χ0) is 13.7. The van der Waals surface area contributed by atoms with Gasteiger partial charge in [-0.1, -0.05) is 18.5 Å². The van der Waals surface area contributed by atoms with Crippen molar-refractivity contribution in [3.8, 4) is 11.6 Å². The maximum Gasteiger partial charge on any atom is 0.278 e. The molecule has 0 radical (unpaired) electrons. The molecule has 2 rings (SSSR count). The van der Waals surface area contributed by atoms with Gasteiger partial charge in [0.25, 0.3) is 5.89 Å². The molecule has 0 aliphatic rings. The van der Waals surface area contributed by atoms with Crippen molar-refractivity contribution in [2.24, 2.45) is 5.73 Å². The van der Waals surface area contributed by atoms with Gasteiger partial charge in [0, 0.05) is 26.4 Å². The van der Waals surface area contributed by atoms with Crippen LogP contribution in [0.5, 0.6) is 0 Å². The molecule has 2 aromatic heterocycles. The summed E-state index contributed by atoms with van der Waals surface area (Å²) in [4.78, 5) is 8.55. The first kappa shape index (κ1) is 13.7. The van der Waals surface area contributed by atoms with Crippen LogP contribution in [0.1, 0.15) is 31.7 Å². The molecule has 19 heavy (non-hydrogen) atoms. The molecule has 0 aliphatic heterocycles. The van der Waals surface area contributed by atoms with Crippen LogP contribution in [0.25, 0.3) is 11.6 Å². The van der Waals surface area contributed by atoms with E-state index in [0.717, 1.165) is 12.8 Å². The molecule has 0 aliphatic carbocycles. The van der Waals surface area contributed by atoms with E-state index in [1.165, 1.54) is 0 Å². The fourth-order valence-corrected chi connectivity index (χ4v) is 1.83. The SMILES string of the molecule is CCCC(OC)c1noc(-c2cn(CCN)cn2)n1. The van der Waals surface area contributed by atoms with Crippen LogP contribution in [0.2, 0.25) is 0 Å². The third-order valence-corrected chi connectivity index (χ3v) is 2.80. The van der Waals surface area contributed by atoms with Crippen LogP contribution in [-0.4, -0.2) is 33.3 Å². The first-order chi connectivity index (χ1) is 9.28. The summed E-state index contributed by atoms with van der Waals surface area (Å²) in [6.45, 7) is 3.36. The van der Waals surface area contributed by atoms with Gasteiger partial charge in [-0.05, 0) is 6.42 Å². The normalized spacial score (nSPS) is 12.8. The predicted octanol–water partition coefficient (Wildman–Crippen LogP) is 1.38. The average Bonchev–Trinajstić information content (AvgIpc) is 3.04. The lowest BCUT2D eigenvalue weighted by Crippen LogP contribution is -2.07. The Balaban J connectivity index is 2.14. The number of methoxy groups -OCH3 is 1. The summed E-state index contributed by atoms with van der Waals surface area (Å²) in [6, 6.07) is 0. The van der Waals surface area contributed by atoms with Crippen molar-refractivity contribution in [2.75, 3.05) is 13.7 Å². The van der Waals surface area contributed by atoms with Crippen molar-refractivity contribution in [3.05, 3.63) is 18.3 Å². The Hall–Kier alpha value is -1.73. The molecule has 2 heterocycles. The van der Waals surface area contributed by atoms with Gasteiger partial charge in [-0.15, -0.1) is 0 Å². The molecule has 0 fully saturated rings. The number of aromatic nitrogens is 4. The van der Waals surface area contributed by atoms with Gasteiger partial charge in [0.15, 0.2) is 0 Å². The molecule has 104 valence electrons. The zero-order valence-electron chi connectivity index (χ0n) is 11.2.